The van der Waals surface area contributed by atoms with Gasteiger partial charge in [0.25, 0.3) is 0 Å². The Morgan fingerprint density at radius 2 is 1.65 bits per heavy atom. The second kappa shape index (κ2) is 6.62. The Morgan fingerprint density at radius 1 is 1.05 bits per heavy atom. The summed E-state index contributed by atoms with van der Waals surface area (Å²) < 4.78 is 26.8. The van der Waals surface area contributed by atoms with Gasteiger partial charge in [-0.1, -0.05) is 36.0 Å². The molecule has 0 saturated carbocycles. The molecule has 7 heteroatoms. The van der Waals surface area contributed by atoms with Gasteiger partial charge in [0.15, 0.2) is 0 Å². The lowest BCUT2D eigenvalue weighted by atomic mass is 10.2. The van der Waals surface area contributed by atoms with Crippen LogP contribution in [0.4, 0.5) is 0 Å². The third-order valence-corrected chi connectivity index (χ3v) is 6.17. The molecule has 4 nitrogen and oxygen atoms in total. The molecule has 0 aliphatic carbocycles. The number of sulfonamides is 1. The molecule has 2 rings (SSSR count). The zero-order valence-electron chi connectivity index (χ0n) is 11.0. The maximum atomic E-state index is 12.7. The first kappa shape index (κ1) is 16.0. The van der Waals surface area contributed by atoms with Gasteiger partial charge in [0.2, 0.25) is 10.0 Å². The van der Waals surface area contributed by atoms with E-state index in [0.29, 0.717) is 18.7 Å². The molecule has 0 atom stereocenters. The Labute approximate surface area is 129 Å². The van der Waals surface area contributed by atoms with Crippen LogP contribution in [-0.4, -0.2) is 30.9 Å². The SMILES string of the molecule is O=S(=O)(c1cc(CO)c(Cl)cc1Cl)N1CCCCCC1. The lowest BCUT2D eigenvalue weighted by Crippen LogP contribution is -2.32. The Morgan fingerprint density at radius 3 is 2.20 bits per heavy atom. The molecule has 1 saturated heterocycles. The fourth-order valence-electron chi connectivity index (χ4n) is 2.31. The van der Waals surface area contributed by atoms with Crippen LogP contribution in [0.2, 0.25) is 10.0 Å². The van der Waals surface area contributed by atoms with Gasteiger partial charge in [-0.25, -0.2) is 8.42 Å². The average Bonchev–Trinajstić information content (AvgIpc) is 2.67. The Hall–Kier alpha value is -0.330. The van der Waals surface area contributed by atoms with Crippen LogP contribution in [0, 0.1) is 0 Å². The Kier molecular flexibility index (Phi) is 5.31. The van der Waals surface area contributed by atoms with E-state index in [1.165, 1.54) is 16.4 Å². The van der Waals surface area contributed by atoms with E-state index in [9.17, 15) is 13.5 Å². The summed E-state index contributed by atoms with van der Waals surface area (Å²) in [5.74, 6) is 0. The van der Waals surface area contributed by atoms with Gasteiger partial charge in [-0.3, -0.25) is 0 Å². The molecule has 0 radical (unpaired) electrons. The quantitative estimate of drug-likeness (QED) is 0.922. The number of benzene rings is 1. The first-order valence-electron chi connectivity index (χ1n) is 6.55. The van der Waals surface area contributed by atoms with Crippen molar-refractivity contribution < 1.29 is 13.5 Å². The second-order valence-corrected chi connectivity index (χ2v) is 7.57. The van der Waals surface area contributed by atoms with Crippen LogP contribution < -0.4 is 0 Å². The molecule has 1 heterocycles. The maximum Gasteiger partial charge on any atom is 0.244 e. The Balaban J connectivity index is 2.42. The highest BCUT2D eigenvalue weighted by Crippen LogP contribution is 2.31. The van der Waals surface area contributed by atoms with Crippen LogP contribution in [0.25, 0.3) is 0 Å². The van der Waals surface area contributed by atoms with E-state index < -0.39 is 10.0 Å². The third-order valence-electron chi connectivity index (χ3n) is 3.45. The van der Waals surface area contributed by atoms with E-state index >= 15 is 0 Å². The molecule has 0 unspecified atom stereocenters. The summed E-state index contributed by atoms with van der Waals surface area (Å²) in [4.78, 5) is 0.0227. The molecule has 0 aromatic heterocycles. The van der Waals surface area contributed by atoms with Crippen LogP contribution in [0.1, 0.15) is 31.2 Å². The van der Waals surface area contributed by atoms with Crippen molar-refractivity contribution in [3.8, 4) is 0 Å². The van der Waals surface area contributed by atoms with Crippen molar-refractivity contribution in [3.63, 3.8) is 0 Å². The summed E-state index contributed by atoms with van der Waals surface area (Å²) in [6.45, 7) is 0.698. The normalized spacial score (nSPS) is 17.9. The van der Waals surface area contributed by atoms with Crippen molar-refractivity contribution in [1.29, 1.82) is 0 Å². The smallest absolute Gasteiger partial charge is 0.244 e. The fourth-order valence-corrected chi connectivity index (χ4v) is 4.66. The number of aliphatic hydroxyl groups is 1. The topological polar surface area (TPSA) is 57.6 Å². The van der Waals surface area contributed by atoms with Crippen molar-refractivity contribution in [2.75, 3.05) is 13.1 Å². The van der Waals surface area contributed by atoms with Crippen LogP contribution in [0.15, 0.2) is 17.0 Å². The molecule has 1 fully saturated rings. The summed E-state index contributed by atoms with van der Waals surface area (Å²) in [7, 11) is -3.63. The molecule has 0 amide bonds. The Bertz CT molecular complexity index is 582. The van der Waals surface area contributed by atoms with Crippen LogP contribution in [0.3, 0.4) is 0 Å². The highest BCUT2D eigenvalue weighted by molar-refractivity contribution is 7.89. The highest BCUT2D eigenvalue weighted by Gasteiger charge is 2.28. The van der Waals surface area contributed by atoms with Gasteiger partial charge in [0.05, 0.1) is 11.6 Å². The van der Waals surface area contributed by atoms with Crippen molar-refractivity contribution in [2.24, 2.45) is 0 Å². The summed E-state index contributed by atoms with van der Waals surface area (Å²) in [6.07, 6.45) is 3.80. The molecular formula is C13H17Cl2NO3S. The van der Waals surface area contributed by atoms with Crippen molar-refractivity contribution in [1.82, 2.24) is 4.31 Å². The van der Waals surface area contributed by atoms with E-state index in [1.54, 1.807) is 0 Å². The molecule has 1 aromatic rings. The number of aliphatic hydroxyl groups excluding tert-OH is 1. The minimum absolute atomic E-state index is 0.0227. The number of hydrogen-bond donors (Lipinski definition) is 1. The van der Waals surface area contributed by atoms with Crippen LogP contribution >= 0.6 is 23.2 Å². The molecule has 112 valence electrons. The molecule has 1 aliphatic heterocycles. The summed E-state index contributed by atoms with van der Waals surface area (Å²) in [5.41, 5.74) is 0.365. The van der Waals surface area contributed by atoms with E-state index in [2.05, 4.69) is 0 Å². The van der Waals surface area contributed by atoms with Gasteiger partial charge in [0.1, 0.15) is 4.90 Å². The highest BCUT2D eigenvalue weighted by atomic mass is 35.5. The fraction of sp³-hybridized carbons (Fsp3) is 0.538. The van der Waals surface area contributed by atoms with Gasteiger partial charge in [0, 0.05) is 18.1 Å². The van der Waals surface area contributed by atoms with Gasteiger partial charge in [-0.15, -0.1) is 0 Å². The number of nitrogens with zero attached hydrogens (tertiary/aromatic N) is 1. The number of hydrogen-bond acceptors (Lipinski definition) is 3. The zero-order chi connectivity index (χ0) is 14.8. The molecule has 1 aromatic carbocycles. The van der Waals surface area contributed by atoms with Crippen LogP contribution in [0.5, 0.6) is 0 Å². The maximum absolute atomic E-state index is 12.7. The predicted octanol–water partition coefficient (Wildman–Crippen LogP) is 3.05. The van der Waals surface area contributed by atoms with Crippen molar-refractivity contribution in [2.45, 2.75) is 37.2 Å². The minimum atomic E-state index is -3.63. The first-order chi connectivity index (χ1) is 9.46. The van der Waals surface area contributed by atoms with Gasteiger partial charge < -0.3 is 5.11 Å². The van der Waals surface area contributed by atoms with E-state index in [0.717, 1.165) is 25.7 Å². The third kappa shape index (κ3) is 3.28. The van der Waals surface area contributed by atoms with Crippen LogP contribution in [-0.2, 0) is 16.6 Å². The molecule has 1 aliphatic rings. The average molecular weight is 338 g/mol. The van der Waals surface area contributed by atoms with E-state index in [-0.39, 0.29) is 21.5 Å². The molecule has 20 heavy (non-hydrogen) atoms. The summed E-state index contributed by atoms with van der Waals surface area (Å²) in [6, 6.07) is 2.74. The lowest BCUT2D eigenvalue weighted by Gasteiger charge is -2.21. The lowest BCUT2D eigenvalue weighted by molar-refractivity contribution is 0.281. The molecular weight excluding hydrogens is 321 g/mol. The molecule has 1 N–H and O–H groups in total. The summed E-state index contributed by atoms with van der Waals surface area (Å²) >= 11 is 11.9. The minimum Gasteiger partial charge on any atom is -0.392 e. The number of halogens is 2. The van der Waals surface area contributed by atoms with Gasteiger partial charge in [-0.05, 0) is 30.5 Å². The van der Waals surface area contributed by atoms with Gasteiger partial charge >= 0.3 is 0 Å². The standard InChI is InChI=1S/C13H17Cl2NO3S/c14-11-8-12(15)13(7-10(11)9-17)20(18,19)16-5-3-1-2-4-6-16/h7-8,17H,1-6,9H2. The van der Waals surface area contributed by atoms with Crippen molar-refractivity contribution >= 4 is 33.2 Å². The predicted molar refractivity (Wildman–Crippen MR) is 79.6 cm³/mol. The summed E-state index contributed by atoms with van der Waals surface area (Å²) in [5, 5.41) is 9.58. The number of rotatable bonds is 3. The molecule has 0 bridgehead atoms. The largest absolute Gasteiger partial charge is 0.392 e. The monoisotopic (exact) mass is 337 g/mol. The first-order valence-corrected chi connectivity index (χ1v) is 8.75. The zero-order valence-corrected chi connectivity index (χ0v) is 13.3. The van der Waals surface area contributed by atoms with Gasteiger partial charge in [-0.2, -0.15) is 4.31 Å². The van der Waals surface area contributed by atoms with Crippen molar-refractivity contribution in [3.05, 3.63) is 27.7 Å². The van der Waals surface area contributed by atoms with E-state index in [1.807, 2.05) is 0 Å². The molecule has 0 spiro atoms. The van der Waals surface area contributed by atoms with E-state index in [4.69, 9.17) is 23.2 Å². The second-order valence-electron chi connectivity index (χ2n) is 4.85.